The summed E-state index contributed by atoms with van der Waals surface area (Å²) in [7, 11) is 1.86. The third kappa shape index (κ3) is 3.58. The minimum atomic E-state index is -0.396. The number of aliphatic hydroxyl groups excluding tert-OH is 1. The molecule has 0 saturated carbocycles. The number of aromatic nitrogens is 2. The molecule has 0 fully saturated rings. The highest BCUT2D eigenvalue weighted by Crippen LogP contribution is 2.21. The number of aliphatic hydroxyl groups is 1. The number of hydrogen-bond donors (Lipinski definition) is 1. The predicted octanol–water partition coefficient (Wildman–Crippen LogP) is 2.92. The highest BCUT2D eigenvalue weighted by Gasteiger charge is 2.15. The quantitative estimate of drug-likeness (QED) is 0.913. The van der Waals surface area contributed by atoms with E-state index in [1.165, 1.54) is 5.56 Å². The summed E-state index contributed by atoms with van der Waals surface area (Å²) in [5.74, 6) is 0. The fourth-order valence-corrected chi connectivity index (χ4v) is 2.44. The lowest BCUT2D eigenvalue weighted by molar-refractivity contribution is 0.163. The van der Waals surface area contributed by atoms with Gasteiger partial charge in [0.25, 0.3) is 0 Å². The average molecular weight is 279 g/mol. The standard InChI is InChI=1S/C15H19ClN2O/c1-11-15(16)14(18(2)17-11)10-13(19)9-8-12-6-4-3-5-7-12/h3-7,13,19H,8-10H2,1-2H3. The van der Waals surface area contributed by atoms with Gasteiger partial charge in [-0.15, -0.1) is 0 Å². The third-order valence-corrected chi connectivity index (χ3v) is 3.79. The maximum Gasteiger partial charge on any atom is 0.0847 e. The fourth-order valence-electron chi connectivity index (χ4n) is 2.21. The number of aryl methyl sites for hydroxylation is 3. The molecule has 1 aromatic carbocycles. The lowest BCUT2D eigenvalue weighted by Crippen LogP contribution is -2.14. The lowest BCUT2D eigenvalue weighted by Gasteiger charge is -2.11. The summed E-state index contributed by atoms with van der Waals surface area (Å²) in [6.45, 7) is 1.88. The molecule has 0 bridgehead atoms. The Kier molecular flexibility index (Phi) is 4.61. The van der Waals surface area contributed by atoms with Gasteiger partial charge in [0.15, 0.2) is 0 Å². The number of halogens is 1. The molecule has 1 heterocycles. The van der Waals surface area contributed by atoms with E-state index in [1.807, 2.05) is 32.2 Å². The molecule has 0 amide bonds. The van der Waals surface area contributed by atoms with E-state index < -0.39 is 6.10 Å². The van der Waals surface area contributed by atoms with Crippen LogP contribution in [0.25, 0.3) is 0 Å². The Morgan fingerprint density at radius 2 is 2.00 bits per heavy atom. The van der Waals surface area contributed by atoms with Crippen molar-refractivity contribution in [1.29, 1.82) is 0 Å². The Bertz CT molecular complexity index is 537. The summed E-state index contributed by atoms with van der Waals surface area (Å²) in [4.78, 5) is 0. The van der Waals surface area contributed by atoms with Crippen LogP contribution in [0.4, 0.5) is 0 Å². The SMILES string of the molecule is Cc1nn(C)c(CC(O)CCc2ccccc2)c1Cl. The number of rotatable bonds is 5. The molecule has 0 aliphatic rings. The molecule has 0 radical (unpaired) electrons. The van der Waals surface area contributed by atoms with Crippen LogP contribution in [0.3, 0.4) is 0 Å². The zero-order valence-corrected chi connectivity index (χ0v) is 12.1. The topological polar surface area (TPSA) is 38.0 Å². The molecule has 3 nitrogen and oxygen atoms in total. The summed E-state index contributed by atoms with van der Waals surface area (Å²) in [6.07, 6.45) is 1.75. The first-order valence-corrected chi connectivity index (χ1v) is 6.85. The molecule has 0 saturated heterocycles. The Hall–Kier alpha value is -1.32. The Balaban J connectivity index is 1.92. The van der Waals surface area contributed by atoms with Crippen molar-refractivity contribution in [3.63, 3.8) is 0 Å². The van der Waals surface area contributed by atoms with E-state index in [9.17, 15) is 5.11 Å². The Labute approximate surface area is 118 Å². The van der Waals surface area contributed by atoms with E-state index >= 15 is 0 Å². The number of nitrogens with zero attached hydrogens (tertiary/aromatic N) is 2. The van der Waals surface area contributed by atoms with Crippen LogP contribution >= 0.6 is 11.6 Å². The van der Waals surface area contributed by atoms with Gasteiger partial charge >= 0.3 is 0 Å². The van der Waals surface area contributed by atoms with Crippen molar-refractivity contribution in [2.45, 2.75) is 32.3 Å². The van der Waals surface area contributed by atoms with E-state index in [-0.39, 0.29) is 0 Å². The highest BCUT2D eigenvalue weighted by atomic mass is 35.5. The van der Waals surface area contributed by atoms with Gasteiger partial charge in [0, 0.05) is 13.5 Å². The van der Waals surface area contributed by atoms with Crippen LogP contribution in [0.5, 0.6) is 0 Å². The highest BCUT2D eigenvalue weighted by molar-refractivity contribution is 6.31. The maximum atomic E-state index is 10.1. The third-order valence-electron chi connectivity index (χ3n) is 3.30. The smallest absolute Gasteiger partial charge is 0.0847 e. The Morgan fingerprint density at radius 3 is 2.58 bits per heavy atom. The molecule has 102 valence electrons. The van der Waals surface area contributed by atoms with Crippen molar-refractivity contribution in [3.05, 3.63) is 52.3 Å². The second-order valence-electron chi connectivity index (χ2n) is 4.85. The van der Waals surface area contributed by atoms with Gasteiger partial charge in [-0.3, -0.25) is 4.68 Å². The Morgan fingerprint density at radius 1 is 1.32 bits per heavy atom. The van der Waals surface area contributed by atoms with Crippen molar-refractivity contribution in [3.8, 4) is 0 Å². The van der Waals surface area contributed by atoms with E-state index in [0.717, 1.165) is 24.2 Å². The van der Waals surface area contributed by atoms with Crippen LogP contribution in [-0.4, -0.2) is 21.0 Å². The van der Waals surface area contributed by atoms with Crippen LogP contribution in [0.1, 0.15) is 23.4 Å². The van der Waals surface area contributed by atoms with Crippen LogP contribution in [0, 0.1) is 6.92 Å². The van der Waals surface area contributed by atoms with E-state index in [4.69, 9.17) is 11.6 Å². The van der Waals surface area contributed by atoms with Crippen molar-refractivity contribution in [1.82, 2.24) is 9.78 Å². The molecular formula is C15H19ClN2O. The molecule has 0 aliphatic carbocycles. The second kappa shape index (κ2) is 6.22. The molecule has 2 rings (SSSR count). The molecule has 1 unspecified atom stereocenters. The normalized spacial score (nSPS) is 12.6. The first kappa shape index (κ1) is 14.1. The van der Waals surface area contributed by atoms with Crippen molar-refractivity contribution >= 4 is 11.6 Å². The van der Waals surface area contributed by atoms with Gasteiger partial charge in [0.1, 0.15) is 0 Å². The number of hydrogen-bond acceptors (Lipinski definition) is 2. The molecule has 0 spiro atoms. The predicted molar refractivity (Wildman–Crippen MR) is 77.4 cm³/mol. The van der Waals surface area contributed by atoms with Gasteiger partial charge in [-0.2, -0.15) is 5.10 Å². The van der Waals surface area contributed by atoms with Crippen LogP contribution < -0.4 is 0 Å². The van der Waals surface area contributed by atoms with E-state index in [1.54, 1.807) is 4.68 Å². The molecule has 0 aliphatic heterocycles. The molecular weight excluding hydrogens is 260 g/mol. The minimum absolute atomic E-state index is 0.396. The van der Waals surface area contributed by atoms with Crippen molar-refractivity contribution in [2.24, 2.45) is 7.05 Å². The zero-order chi connectivity index (χ0) is 13.8. The summed E-state index contributed by atoms with van der Waals surface area (Å²) < 4.78 is 1.75. The molecule has 2 aromatic rings. The molecule has 1 N–H and O–H groups in total. The second-order valence-corrected chi connectivity index (χ2v) is 5.23. The summed E-state index contributed by atoms with van der Waals surface area (Å²) >= 11 is 6.18. The van der Waals surface area contributed by atoms with Crippen molar-refractivity contribution in [2.75, 3.05) is 0 Å². The molecule has 1 aromatic heterocycles. The summed E-state index contributed by atoms with van der Waals surface area (Å²) in [6, 6.07) is 10.2. The summed E-state index contributed by atoms with van der Waals surface area (Å²) in [5.41, 5.74) is 2.96. The van der Waals surface area contributed by atoms with Gasteiger partial charge in [-0.25, -0.2) is 0 Å². The van der Waals surface area contributed by atoms with Gasteiger partial charge in [-0.05, 0) is 25.3 Å². The number of benzene rings is 1. The zero-order valence-electron chi connectivity index (χ0n) is 11.3. The first-order chi connectivity index (χ1) is 9.08. The minimum Gasteiger partial charge on any atom is -0.393 e. The molecule has 19 heavy (non-hydrogen) atoms. The lowest BCUT2D eigenvalue weighted by atomic mass is 10.0. The first-order valence-electron chi connectivity index (χ1n) is 6.48. The largest absolute Gasteiger partial charge is 0.393 e. The maximum absolute atomic E-state index is 10.1. The van der Waals surface area contributed by atoms with Crippen LogP contribution in [-0.2, 0) is 19.9 Å². The van der Waals surface area contributed by atoms with Crippen LogP contribution in [0.15, 0.2) is 30.3 Å². The van der Waals surface area contributed by atoms with E-state index in [0.29, 0.717) is 11.4 Å². The van der Waals surface area contributed by atoms with Crippen molar-refractivity contribution < 1.29 is 5.11 Å². The van der Waals surface area contributed by atoms with Gasteiger partial charge in [-0.1, -0.05) is 41.9 Å². The molecule has 4 heteroatoms. The average Bonchev–Trinajstić information content (AvgIpc) is 2.64. The van der Waals surface area contributed by atoms with Crippen LogP contribution in [0.2, 0.25) is 5.02 Å². The monoisotopic (exact) mass is 278 g/mol. The van der Waals surface area contributed by atoms with Gasteiger partial charge in [0.2, 0.25) is 0 Å². The molecule has 1 atom stereocenters. The van der Waals surface area contributed by atoms with E-state index in [2.05, 4.69) is 17.2 Å². The summed E-state index contributed by atoms with van der Waals surface area (Å²) in [5, 5.41) is 15.0. The van der Waals surface area contributed by atoms with Gasteiger partial charge < -0.3 is 5.11 Å². The fraction of sp³-hybridized carbons (Fsp3) is 0.400. The van der Waals surface area contributed by atoms with Gasteiger partial charge in [0.05, 0.1) is 22.5 Å².